The number of rotatable bonds is 9. The van der Waals surface area contributed by atoms with Crippen LogP contribution < -0.4 is 15.8 Å². The van der Waals surface area contributed by atoms with Crippen molar-refractivity contribution in [1.82, 2.24) is 5.32 Å². The van der Waals surface area contributed by atoms with Crippen LogP contribution in [0.25, 0.3) is 0 Å². The van der Waals surface area contributed by atoms with Gasteiger partial charge in [0.25, 0.3) is 5.91 Å². The van der Waals surface area contributed by atoms with Gasteiger partial charge in [-0.2, -0.15) is 0 Å². The topological polar surface area (TPSA) is 82.8 Å². The van der Waals surface area contributed by atoms with Crippen LogP contribution in [0.4, 0.5) is 5.69 Å². The minimum atomic E-state index is -0.226. The molecule has 0 saturated heterocycles. The van der Waals surface area contributed by atoms with Gasteiger partial charge < -0.3 is 25.3 Å². The van der Waals surface area contributed by atoms with Crippen LogP contribution in [-0.4, -0.2) is 46.0 Å². The van der Waals surface area contributed by atoms with Gasteiger partial charge in [0.15, 0.2) is 5.75 Å². The fourth-order valence-electron chi connectivity index (χ4n) is 1.62. The molecule has 0 spiro atoms. The molecule has 112 valence electrons. The standard InChI is InChI=1S/C14H22N2O4/c1-3-20-13-11(5-4-6-12(13)15)14(17)16-7-8-19-10-9-18-2/h4-6H,3,7-10,15H2,1-2H3,(H,16,17). The molecule has 0 aliphatic rings. The fraction of sp³-hybridized carbons (Fsp3) is 0.500. The maximum absolute atomic E-state index is 12.1. The zero-order valence-corrected chi connectivity index (χ0v) is 12.0. The summed E-state index contributed by atoms with van der Waals surface area (Å²) < 4.78 is 15.5. The SMILES string of the molecule is CCOc1c(N)cccc1C(=O)NCCOCCOC. The zero-order chi connectivity index (χ0) is 14.8. The molecule has 0 aliphatic heterocycles. The number of anilines is 1. The average molecular weight is 282 g/mol. The summed E-state index contributed by atoms with van der Waals surface area (Å²) >= 11 is 0. The first-order valence-electron chi connectivity index (χ1n) is 6.56. The van der Waals surface area contributed by atoms with Gasteiger partial charge in [0.2, 0.25) is 0 Å². The van der Waals surface area contributed by atoms with Gasteiger partial charge >= 0.3 is 0 Å². The monoisotopic (exact) mass is 282 g/mol. The molecule has 6 heteroatoms. The molecule has 0 aliphatic carbocycles. The first-order valence-corrected chi connectivity index (χ1v) is 6.56. The first kappa shape index (κ1) is 16.3. The van der Waals surface area contributed by atoms with Crippen LogP contribution in [0.3, 0.4) is 0 Å². The molecule has 0 atom stereocenters. The number of amides is 1. The number of methoxy groups -OCH3 is 1. The summed E-state index contributed by atoms with van der Waals surface area (Å²) in [6.07, 6.45) is 0. The van der Waals surface area contributed by atoms with Crippen LogP contribution in [0, 0.1) is 0 Å². The summed E-state index contributed by atoms with van der Waals surface area (Å²) in [5.41, 5.74) is 6.70. The Hall–Kier alpha value is -1.79. The van der Waals surface area contributed by atoms with Crippen molar-refractivity contribution in [2.75, 3.05) is 45.8 Å². The number of nitrogen functional groups attached to an aromatic ring is 1. The third-order valence-corrected chi connectivity index (χ3v) is 2.54. The van der Waals surface area contributed by atoms with Gasteiger partial charge in [-0.15, -0.1) is 0 Å². The molecule has 20 heavy (non-hydrogen) atoms. The number of carbonyl (C=O) groups is 1. The van der Waals surface area contributed by atoms with Crippen molar-refractivity contribution in [3.05, 3.63) is 23.8 Å². The van der Waals surface area contributed by atoms with Crippen molar-refractivity contribution < 1.29 is 19.0 Å². The molecule has 3 N–H and O–H groups in total. The maximum atomic E-state index is 12.1. The molecule has 0 heterocycles. The van der Waals surface area contributed by atoms with Crippen molar-refractivity contribution in [3.63, 3.8) is 0 Å². The quantitative estimate of drug-likeness (QED) is 0.523. The minimum absolute atomic E-state index is 0.226. The predicted molar refractivity (Wildman–Crippen MR) is 77.1 cm³/mol. The first-order chi connectivity index (χ1) is 9.70. The highest BCUT2D eigenvalue weighted by Crippen LogP contribution is 2.26. The molecule has 0 fully saturated rings. The van der Waals surface area contributed by atoms with Crippen LogP contribution in [0.2, 0.25) is 0 Å². The maximum Gasteiger partial charge on any atom is 0.255 e. The Bertz CT molecular complexity index is 424. The summed E-state index contributed by atoms with van der Waals surface area (Å²) in [4.78, 5) is 12.1. The molecular weight excluding hydrogens is 260 g/mol. The summed E-state index contributed by atoms with van der Waals surface area (Å²) in [5.74, 6) is 0.198. The van der Waals surface area contributed by atoms with Crippen LogP contribution in [0.15, 0.2) is 18.2 Å². The number of carbonyl (C=O) groups excluding carboxylic acids is 1. The molecule has 1 aromatic carbocycles. The summed E-state index contributed by atoms with van der Waals surface area (Å²) in [7, 11) is 1.61. The molecule has 0 aromatic heterocycles. The molecule has 1 amide bonds. The van der Waals surface area contributed by atoms with E-state index in [0.29, 0.717) is 50.0 Å². The van der Waals surface area contributed by atoms with Crippen molar-refractivity contribution in [1.29, 1.82) is 0 Å². The second-order valence-electron chi connectivity index (χ2n) is 4.02. The normalized spacial score (nSPS) is 10.3. The highest BCUT2D eigenvalue weighted by Gasteiger charge is 2.14. The van der Waals surface area contributed by atoms with Gasteiger partial charge in [0.05, 0.1) is 37.7 Å². The number of nitrogens with one attached hydrogen (secondary N) is 1. The third kappa shape index (κ3) is 5.07. The van der Waals surface area contributed by atoms with E-state index in [9.17, 15) is 4.79 Å². The van der Waals surface area contributed by atoms with Crippen LogP contribution in [-0.2, 0) is 9.47 Å². The molecule has 1 aromatic rings. The number of benzene rings is 1. The van der Waals surface area contributed by atoms with E-state index in [4.69, 9.17) is 19.9 Å². The number of nitrogens with two attached hydrogens (primary N) is 1. The van der Waals surface area contributed by atoms with E-state index in [1.165, 1.54) is 0 Å². The highest BCUT2D eigenvalue weighted by atomic mass is 16.5. The van der Waals surface area contributed by atoms with E-state index in [0.717, 1.165) is 0 Å². The Morgan fingerprint density at radius 2 is 2.10 bits per heavy atom. The Morgan fingerprint density at radius 1 is 1.30 bits per heavy atom. The minimum Gasteiger partial charge on any atom is -0.491 e. The molecule has 0 saturated carbocycles. The van der Waals surface area contributed by atoms with Gasteiger partial charge in [-0.1, -0.05) is 6.07 Å². The Morgan fingerprint density at radius 3 is 2.80 bits per heavy atom. The number of para-hydroxylation sites is 1. The number of hydrogen-bond acceptors (Lipinski definition) is 5. The lowest BCUT2D eigenvalue weighted by Gasteiger charge is -2.12. The molecule has 0 bridgehead atoms. The van der Waals surface area contributed by atoms with E-state index in [1.807, 2.05) is 6.92 Å². The zero-order valence-electron chi connectivity index (χ0n) is 12.0. The molecule has 0 radical (unpaired) electrons. The van der Waals surface area contributed by atoms with Gasteiger partial charge in [-0.3, -0.25) is 4.79 Å². The van der Waals surface area contributed by atoms with E-state index >= 15 is 0 Å². The Kier molecular flexibility index (Phi) is 7.46. The number of hydrogen-bond donors (Lipinski definition) is 2. The van der Waals surface area contributed by atoms with Crippen molar-refractivity contribution in [2.24, 2.45) is 0 Å². The molecule has 0 unspecified atom stereocenters. The summed E-state index contributed by atoms with van der Waals surface area (Å²) in [6.45, 7) is 4.20. The average Bonchev–Trinajstić information content (AvgIpc) is 2.45. The fourth-order valence-corrected chi connectivity index (χ4v) is 1.62. The van der Waals surface area contributed by atoms with Crippen molar-refractivity contribution >= 4 is 11.6 Å². The smallest absolute Gasteiger partial charge is 0.255 e. The van der Waals surface area contributed by atoms with Crippen LogP contribution >= 0.6 is 0 Å². The lowest BCUT2D eigenvalue weighted by atomic mass is 10.1. The Balaban J connectivity index is 2.49. The highest BCUT2D eigenvalue weighted by molar-refractivity contribution is 5.98. The van der Waals surface area contributed by atoms with Gasteiger partial charge in [0, 0.05) is 13.7 Å². The van der Waals surface area contributed by atoms with Crippen molar-refractivity contribution in [2.45, 2.75) is 6.92 Å². The van der Waals surface area contributed by atoms with Crippen molar-refractivity contribution in [3.8, 4) is 5.75 Å². The van der Waals surface area contributed by atoms with E-state index in [-0.39, 0.29) is 5.91 Å². The van der Waals surface area contributed by atoms with E-state index < -0.39 is 0 Å². The molecule has 6 nitrogen and oxygen atoms in total. The number of ether oxygens (including phenoxy) is 3. The van der Waals surface area contributed by atoms with Gasteiger partial charge in [-0.25, -0.2) is 0 Å². The van der Waals surface area contributed by atoms with Crippen LogP contribution in [0.5, 0.6) is 5.75 Å². The summed E-state index contributed by atoms with van der Waals surface area (Å²) in [5, 5.41) is 2.76. The largest absolute Gasteiger partial charge is 0.491 e. The third-order valence-electron chi connectivity index (χ3n) is 2.54. The van der Waals surface area contributed by atoms with E-state index in [1.54, 1.807) is 25.3 Å². The van der Waals surface area contributed by atoms with Crippen LogP contribution in [0.1, 0.15) is 17.3 Å². The Labute approximate surface area is 119 Å². The van der Waals surface area contributed by atoms with E-state index in [2.05, 4.69) is 5.32 Å². The second kappa shape index (κ2) is 9.17. The summed E-state index contributed by atoms with van der Waals surface area (Å²) in [6, 6.07) is 5.11. The second-order valence-corrected chi connectivity index (χ2v) is 4.02. The molecular formula is C14H22N2O4. The van der Waals surface area contributed by atoms with Gasteiger partial charge in [-0.05, 0) is 19.1 Å². The lowest BCUT2D eigenvalue weighted by molar-refractivity contribution is 0.0692. The lowest BCUT2D eigenvalue weighted by Crippen LogP contribution is -2.28. The molecule has 1 rings (SSSR count). The predicted octanol–water partition coefficient (Wildman–Crippen LogP) is 1.06. The van der Waals surface area contributed by atoms with Gasteiger partial charge in [0.1, 0.15) is 0 Å².